The van der Waals surface area contributed by atoms with Gasteiger partial charge in [0.15, 0.2) is 0 Å². The van der Waals surface area contributed by atoms with Crippen LogP contribution in [0.3, 0.4) is 0 Å². The summed E-state index contributed by atoms with van der Waals surface area (Å²) in [7, 11) is 0. The van der Waals surface area contributed by atoms with Crippen LogP contribution in [0.2, 0.25) is 0 Å². The van der Waals surface area contributed by atoms with Gasteiger partial charge in [-0.2, -0.15) is 0 Å². The summed E-state index contributed by atoms with van der Waals surface area (Å²) < 4.78 is 18.8. The average Bonchev–Trinajstić information content (AvgIpc) is 2.77. The lowest BCUT2D eigenvalue weighted by atomic mass is 10.1. The molecule has 0 atom stereocenters. The van der Waals surface area contributed by atoms with Gasteiger partial charge in [0.25, 0.3) is 0 Å². The Morgan fingerprint density at radius 1 is 1.15 bits per heavy atom. The van der Waals surface area contributed by atoms with Crippen molar-refractivity contribution in [1.29, 1.82) is 5.41 Å². The summed E-state index contributed by atoms with van der Waals surface area (Å²) in [5, 5.41) is 8.07. The smallest absolute Gasteiger partial charge is 0.128 e. The van der Waals surface area contributed by atoms with E-state index in [-0.39, 0.29) is 5.82 Å². The fraction of sp³-hybridized carbons (Fsp3) is 0.188. The Morgan fingerprint density at radius 3 is 2.75 bits per heavy atom. The highest BCUT2D eigenvalue weighted by atomic mass is 19.1. The third-order valence-corrected chi connectivity index (χ3v) is 3.38. The molecular formula is C16H15FN2O. The maximum Gasteiger partial charge on any atom is 0.128 e. The van der Waals surface area contributed by atoms with Crippen LogP contribution < -0.4 is 4.74 Å². The van der Waals surface area contributed by atoms with E-state index in [1.807, 2.05) is 35.2 Å². The van der Waals surface area contributed by atoms with Crippen molar-refractivity contribution in [3.8, 4) is 5.75 Å². The zero-order chi connectivity index (χ0) is 13.9. The van der Waals surface area contributed by atoms with E-state index in [1.165, 1.54) is 12.1 Å². The molecule has 1 heterocycles. The van der Waals surface area contributed by atoms with Crippen molar-refractivity contribution in [3.05, 3.63) is 65.5 Å². The molecule has 102 valence electrons. The van der Waals surface area contributed by atoms with Gasteiger partial charge in [-0.3, -0.25) is 5.41 Å². The van der Waals surface area contributed by atoms with Crippen molar-refractivity contribution in [2.75, 3.05) is 13.2 Å². The van der Waals surface area contributed by atoms with Crippen LogP contribution in [0.15, 0.2) is 48.5 Å². The molecule has 0 unspecified atom stereocenters. The molecule has 1 N–H and O–H groups in total. The Balaban J connectivity index is 1.59. The van der Waals surface area contributed by atoms with Crippen LogP contribution in [0.5, 0.6) is 5.75 Å². The Bertz CT molecular complexity index is 628. The van der Waals surface area contributed by atoms with Gasteiger partial charge in [0.2, 0.25) is 0 Å². The molecule has 0 fully saturated rings. The summed E-state index contributed by atoms with van der Waals surface area (Å²) in [6.45, 7) is 1.76. The Morgan fingerprint density at radius 2 is 1.95 bits per heavy atom. The SMILES string of the molecule is N=C1c2cc(F)ccc2CN1CCOc1ccccc1. The first-order valence-electron chi connectivity index (χ1n) is 6.54. The van der Waals surface area contributed by atoms with Gasteiger partial charge in [0.05, 0.1) is 6.54 Å². The van der Waals surface area contributed by atoms with E-state index in [0.717, 1.165) is 11.3 Å². The molecule has 0 radical (unpaired) electrons. The number of amidine groups is 1. The van der Waals surface area contributed by atoms with E-state index in [1.54, 1.807) is 6.07 Å². The first kappa shape index (κ1) is 12.7. The number of ether oxygens (including phenoxy) is 1. The van der Waals surface area contributed by atoms with E-state index < -0.39 is 0 Å². The van der Waals surface area contributed by atoms with Gasteiger partial charge in [-0.1, -0.05) is 24.3 Å². The Labute approximate surface area is 117 Å². The molecule has 2 aromatic rings. The number of para-hydroxylation sites is 1. The zero-order valence-corrected chi connectivity index (χ0v) is 11.0. The summed E-state index contributed by atoms with van der Waals surface area (Å²) in [4.78, 5) is 1.90. The van der Waals surface area contributed by atoms with Gasteiger partial charge in [-0.05, 0) is 29.8 Å². The number of fused-ring (bicyclic) bond motifs is 1. The van der Waals surface area contributed by atoms with Gasteiger partial charge < -0.3 is 9.64 Å². The van der Waals surface area contributed by atoms with Gasteiger partial charge >= 0.3 is 0 Å². The summed E-state index contributed by atoms with van der Waals surface area (Å²) in [6.07, 6.45) is 0. The molecule has 1 aliphatic heterocycles. The number of benzene rings is 2. The molecule has 0 aromatic heterocycles. The molecule has 1 aliphatic rings. The van der Waals surface area contributed by atoms with Crippen molar-refractivity contribution in [2.24, 2.45) is 0 Å². The van der Waals surface area contributed by atoms with Crippen LogP contribution in [0.1, 0.15) is 11.1 Å². The molecule has 0 bridgehead atoms. The van der Waals surface area contributed by atoms with Crippen molar-refractivity contribution < 1.29 is 9.13 Å². The molecular weight excluding hydrogens is 255 g/mol. The molecule has 3 rings (SSSR count). The lowest BCUT2D eigenvalue weighted by Gasteiger charge is -2.18. The van der Waals surface area contributed by atoms with Gasteiger partial charge in [0.1, 0.15) is 24.0 Å². The summed E-state index contributed by atoms with van der Waals surface area (Å²) in [5.74, 6) is 0.897. The Hall–Kier alpha value is -2.36. The molecule has 0 saturated heterocycles. The van der Waals surface area contributed by atoms with Crippen LogP contribution >= 0.6 is 0 Å². The minimum Gasteiger partial charge on any atom is -0.492 e. The maximum absolute atomic E-state index is 13.2. The minimum absolute atomic E-state index is 0.295. The minimum atomic E-state index is -0.295. The number of nitrogens with one attached hydrogen (secondary N) is 1. The normalized spacial score (nSPS) is 13.4. The lowest BCUT2D eigenvalue weighted by Crippen LogP contribution is -2.28. The second-order valence-electron chi connectivity index (χ2n) is 4.73. The van der Waals surface area contributed by atoms with E-state index in [2.05, 4.69) is 0 Å². The highest BCUT2D eigenvalue weighted by molar-refractivity contribution is 6.00. The maximum atomic E-state index is 13.2. The van der Waals surface area contributed by atoms with E-state index in [4.69, 9.17) is 10.1 Å². The van der Waals surface area contributed by atoms with Crippen molar-refractivity contribution in [2.45, 2.75) is 6.54 Å². The van der Waals surface area contributed by atoms with Crippen LogP contribution in [-0.2, 0) is 6.54 Å². The molecule has 0 spiro atoms. The van der Waals surface area contributed by atoms with Crippen molar-refractivity contribution in [1.82, 2.24) is 4.90 Å². The highest BCUT2D eigenvalue weighted by Gasteiger charge is 2.24. The van der Waals surface area contributed by atoms with Gasteiger partial charge in [-0.25, -0.2) is 4.39 Å². The van der Waals surface area contributed by atoms with Crippen LogP contribution in [0.25, 0.3) is 0 Å². The predicted octanol–water partition coefficient (Wildman–Crippen LogP) is 3.05. The lowest BCUT2D eigenvalue weighted by molar-refractivity contribution is 0.269. The summed E-state index contributed by atoms with van der Waals surface area (Å²) in [6, 6.07) is 14.2. The number of rotatable bonds is 4. The third kappa shape index (κ3) is 2.50. The summed E-state index contributed by atoms with van der Waals surface area (Å²) in [5.41, 5.74) is 1.68. The van der Waals surface area contributed by atoms with Crippen LogP contribution in [0.4, 0.5) is 4.39 Å². The number of halogens is 1. The topological polar surface area (TPSA) is 36.3 Å². The quantitative estimate of drug-likeness (QED) is 0.927. The van der Waals surface area contributed by atoms with E-state index in [0.29, 0.717) is 31.1 Å². The molecule has 3 nitrogen and oxygen atoms in total. The second kappa shape index (κ2) is 5.33. The van der Waals surface area contributed by atoms with Crippen molar-refractivity contribution in [3.63, 3.8) is 0 Å². The number of hydrogen-bond donors (Lipinski definition) is 1. The Kier molecular flexibility index (Phi) is 3.37. The van der Waals surface area contributed by atoms with Crippen LogP contribution in [0, 0.1) is 11.2 Å². The molecule has 0 aliphatic carbocycles. The average molecular weight is 270 g/mol. The first-order chi connectivity index (χ1) is 9.74. The standard InChI is InChI=1S/C16H15FN2O/c17-13-7-6-12-11-19(16(18)15(12)10-13)8-9-20-14-4-2-1-3-5-14/h1-7,10,18H,8-9,11H2. The summed E-state index contributed by atoms with van der Waals surface area (Å²) >= 11 is 0. The molecule has 0 saturated carbocycles. The fourth-order valence-electron chi connectivity index (χ4n) is 2.34. The molecule has 20 heavy (non-hydrogen) atoms. The van der Waals surface area contributed by atoms with Gasteiger partial charge in [-0.15, -0.1) is 0 Å². The van der Waals surface area contributed by atoms with Crippen LogP contribution in [-0.4, -0.2) is 23.9 Å². The third-order valence-electron chi connectivity index (χ3n) is 3.38. The first-order valence-corrected chi connectivity index (χ1v) is 6.54. The fourth-order valence-corrected chi connectivity index (χ4v) is 2.34. The molecule has 4 heteroatoms. The number of nitrogens with zero attached hydrogens (tertiary/aromatic N) is 1. The van der Waals surface area contributed by atoms with E-state index in [9.17, 15) is 4.39 Å². The monoisotopic (exact) mass is 270 g/mol. The molecule has 2 aromatic carbocycles. The largest absolute Gasteiger partial charge is 0.492 e. The zero-order valence-electron chi connectivity index (χ0n) is 11.0. The predicted molar refractivity (Wildman–Crippen MR) is 75.6 cm³/mol. The molecule has 0 amide bonds. The number of hydrogen-bond acceptors (Lipinski definition) is 2. The van der Waals surface area contributed by atoms with Crippen molar-refractivity contribution >= 4 is 5.84 Å². The second-order valence-corrected chi connectivity index (χ2v) is 4.73. The van der Waals surface area contributed by atoms with Gasteiger partial charge in [0, 0.05) is 12.1 Å². The van der Waals surface area contributed by atoms with E-state index >= 15 is 0 Å². The highest BCUT2D eigenvalue weighted by Crippen LogP contribution is 2.23.